The van der Waals surface area contributed by atoms with Crippen LogP contribution in [0.3, 0.4) is 0 Å². The summed E-state index contributed by atoms with van der Waals surface area (Å²) in [5.74, 6) is 0.604. The number of anilines is 3. The number of rotatable bonds is 6. The third-order valence-corrected chi connectivity index (χ3v) is 9.25. The molecule has 0 unspecified atom stereocenters. The number of benzene rings is 1. The largest absolute Gasteiger partial charge is 0.381 e. The molecule has 0 amide bonds. The molecule has 1 aromatic carbocycles. The van der Waals surface area contributed by atoms with Gasteiger partial charge >= 0.3 is 0 Å². The molecule has 2 fully saturated rings. The van der Waals surface area contributed by atoms with Crippen molar-refractivity contribution in [2.75, 3.05) is 50.6 Å². The number of thiol groups is 1. The average molecular weight is 506 g/mol. The summed E-state index contributed by atoms with van der Waals surface area (Å²) in [4.78, 5) is 19.4. The van der Waals surface area contributed by atoms with Crippen LogP contribution in [0.4, 0.5) is 17.3 Å². The molecule has 1 N–H and O–H groups in total. The van der Waals surface area contributed by atoms with Crippen LogP contribution in [0.25, 0.3) is 11.2 Å². The van der Waals surface area contributed by atoms with Crippen LogP contribution in [0.15, 0.2) is 58.6 Å². The van der Waals surface area contributed by atoms with E-state index in [4.69, 9.17) is 14.7 Å². The van der Waals surface area contributed by atoms with Gasteiger partial charge in [-0.2, -0.15) is 15.9 Å². The smallest absolute Gasteiger partial charge is 0.229 e. The van der Waals surface area contributed by atoms with E-state index in [9.17, 15) is 0 Å². The summed E-state index contributed by atoms with van der Waals surface area (Å²) in [6.07, 6.45) is 10.5. The molecule has 0 aliphatic carbocycles. The molecule has 2 aromatic heterocycles. The highest BCUT2D eigenvalue weighted by molar-refractivity contribution is 8.22. The predicted octanol–water partition coefficient (Wildman–Crippen LogP) is 4.85. The van der Waals surface area contributed by atoms with Gasteiger partial charge < -0.3 is 24.4 Å². The molecule has 3 aromatic rings. The van der Waals surface area contributed by atoms with E-state index in [-0.39, 0.29) is 0 Å². The first-order valence-electron chi connectivity index (χ1n) is 12.9. The number of fused-ring (bicyclic) bond motifs is 1. The molecule has 36 heavy (non-hydrogen) atoms. The lowest BCUT2D eigenvalue weighted by atomic mass is 10.0. The maximum atomic E-state index is 5.64. The molecule has 3 aliphatic heterocycles. The van der Waals surface area contributed by atoms with Crippen LogP contribution in [0.5, 0.6) is 0 Å². The SMILES string of the molecule is CN(C)C1CCN(c2ccc(Nc3ncc4nc([SH]5C=CC=C5)n(C5CCOCC5)c4n3)cc2)CC1. The molecule has 9 heteroatoms. The number of piperidine rings is 1. The molecular formula is C27H35N7OS. The first-order valence-corrected chi connectivity index (χ1v) is 14.4. The van der Waals surface area contributed by atoms with E-state index in [0.717, 1.165) is 61.2 Å². The lowest BCUT2D eigenvalue weighted by Crippen LogP contribution is -2.41. The van der Waals surface area contributed by atoms with E-state index in [1.54, 1.807) is 0 Å². The monoisotopic (exact) mass is 505 g/mol. The van der Waals surface area contributed by atoms with Crippen molar-refractivity contribution in [2.24, 2.45) is 0 Å². The Labute approximate surface area is 215 Å². The van der Waals surface area contributed by atoms with Gasteiger partial charge in [0, 0.05) is 49.8 Å². The molecule has 3 aliphatic rings. The Bertz CT molecular complexity index is 1240. The van der Waals surface area contributed by atoms with Gasteiger partial charge in [0.1, 0.15) is 5.52 Å². The second-order valence-electron chi connectivity index (χ2n) is 9.97. The zero-order chi connectivity index (χ0) is 24.5. The summed E-state index contributed by atoms with van der Waals surface area (Å²) in [6, 6.07) is 9.68. The van der Waals surface area contributed by atoms with Crippen molar-refractivity contribution in [3.63, 3.8) is 0 Å². The normalized spacial score (nSPS) is 20.2. The Morgan fingerprint density at radius 3 is 2.39 bits per heavy atom. The molecule has 2 saturated heterocycles. The summed E-state index contributed by atoms with van der Waals surface area (Å²) in [5, 5.41) is 9.03. The Hall–Kier alpha value is -2.88. The number of aromatic nitrogens is 4. The minimum atomic E-state index is -0.553. The third kappa shape index (κ3) is 4.75. The van der Waals surface area contributed by atoms with Crippen LogP contribution in [0.2, 0.25) is 0 Å². The van der Waals surface area contributed by atoms with Crippen LogP contribution in [-0.4, -0.2) is 70.9 Å². The summed E-state index contributed by atoms with van der Waals surface area (Å²) in [6.45, 7) is 3.76. The highest BCUT2D eigenvalue weighted by Crippen LogP contribution is 2.44. The zero-order valence-corrected chi connectivity index (χ0v) is 21.9. The number of nitrogens with zero attached hydrogens (tertiary/aromatic N) is 6. The van der Waals surface area contributed by atoms with E-state index in [1.807, 2.05) is 6.20 Å². The van der Waals surface area contributed by atoms with E-state index >= 15 is 0 Å². The predicted molar refractivity (Wildman–Crippen MR) is 149 cm³/mol. The fourth-order valence-corrected chi connectivity index (χ4v) is 7.06. The molecule has 8 nitrogen and oxygen atoms in total. The lowest BCUT2D eigenvalue weighted by Gasteiger charge is -2.36. The van der Waals surface area contributed by atoms with Crippen molar-refractivity contribution in [3.8, 4) is 0 Å². The number of ether oxygens (including phenoxy) is 1. The standard InChI is InChI=1S/C27H35N7OS/c1-32(2)21-9-13-33(14-10-21)22-7-5-20(6-8-22)29-26-28-19-24-25(31-26)34(23-11-15-35-16-12-23)27(30-24)36-17-3-4-18-36/h3-8,17-19,21,23,36H,9-16H2,1-2H3,(H,28,29,31). The fourth-order valence-electron chi connectivity index (χ4n) is 5.39. The number of hydrogen-bond donors (Lipinski definition) is 2. The summed E-state index contributed by atoms with van der Waals surface area (Å²) in [7, 11) is 3.81. The van der Waals surface area contributed by atoms with Gasteiger partial charge in [-0.15, -0.1) is 0 Å². The molecule has 0 radical (unpaired) electrons. The molecule has 5 heterocycles. The molecule has 0 bridgehead atoms. The van der Waals surface area contributed by atoms with Crippen molar-refractivity contribution < 1.29 is 4.74 Å². The Balaban J connectivity index is 1.23. The zero-order valence-electron chi connectivity index (χ0n) is 21.0. The van der Waals surface area contributed by atoms with Crippen molar-refractivity contribution in [1.29, 1.82) is 0 Å². The number of nitrogens with one attached hydrogen (secondary N) is 1. The van der Waals surface area contributed by atoms with Gasteiger partial charge in [-0.25, -0.2) is 9.97 Å². The minimum Gasteiger partial charge on any atom is -0.381 e. The number of allylic oxidation sites excluding steroid dienone is 2. The van der Waals surface area contributed by atoms with Gasteiger partial charge in [0.25, 0.3) is 0 Å². The second kappa shape index (κ2) is 10.2. The summed E-state index contributed by atoms with van der Waals surface area (Å²) < 4.78 is 8.00. The lowest BCUT2D eigenvalue weighted by molar-refractivity contribution is 0.0683. The number of imidazole rings is 1. The second-order valence-corrected chi connectivity index (χ2v) is 11.8. The Kier molecular flexibility index (Phi) is 6.69. The first kappa shape index (κ1) is 23.5. The molecule has 190 valence electrons. The molecule has 0 saturated carbocycles. The van der Waals surface area contributed by atoms with Crippen LogP contribution in [0, 0.1) is 0 Å². The highest BCUT2D eigenvalue weighted by Gasteiger charge is 2.25. The van der Waals surface area contributed by atoms with E-state index in [2.05, 4.69) is 86.0 Å². The minimum absolute atomic E-state index is 0.349. The first-order chi connectivity index (χ1) is 17.7. The van der Waals surface area contributed by atoms with Gasteiger partial charge in [0.05, 0.1) is 6.20 Å². The molecule has 6 rings (SSSR count). The van der Waals surface area contributed by atoms with Crippen LogP contribution in [-0.2, 0) is 4.74 Å². The topological polar surface area (TPSA) is 71.3 Å². The third-order valence-electron chi connectivity index (χ3n) is 7.49. The average Bonchev–Trinajstić information content (AvgIpc) is 3.58. The van der Waals surface area contributed by atoms with Gasteiger partial charge in [-0.05, 0) is 74.9 Å². The number of hydrogen-bond acceptors (Lipinski definition) is 7. The Morgan fingerprint density at radius 2 is 1.69 bits per heavy atom. The van der Waals surface area contributed by atoms with Crippen LogP contribution in [0.1, 0.15) is 31.7 Å². The van der Waals surface area contributed by atoms with Crippen molar-refractivity contribution in [3.05, 3.63) is 53.4 Å². The maximum Gasteiger partial charge on any atom is 0.229 e. The van der Waals surface area contributed by atoms with Gasteiger partial charge in [0.15, 0.2) is 10.8 Å². The van der Waals surface area contributed by atoms with Crippen molar-refractivity contribution >= 4 is 39.4 Å². The molecular weight excluding hydrogens is 470 g/mol. The van der Waals surface area contributed by atoms with Gasteiger partial charge in [0.2, 0.25) is 5.95 Å². The van der Waals surface area contributed by atoms with Gasteiger partial charge in [-0.3, -0.25) is 0 Å². The maximum absolute atomic E-state index is 5.64. The van der Waals surface area contributed by atoms with Crippen LogP contribution < -0.4 is 10.2 Å². The van der Waals surface area contributed by atoms with E-state index in [0.29, 0.717) is 18.0 Å². The van der Waals surface area contributed by atoms with Crippen molar-refractivity contribution in [2.45, 2.75) is 42.9 Å². The fraction of sp³-hybridized carbons (Fsp3) is 0.444. The van der Waals surface area contributed by atoms with E-state index < -0.39 is 10.9 Å². The van der Waals surface area contributed by atoms with Gasteiger partial charge in [-0.1, -0.05) is 12.2 Å². The van der Waals surface area contributed by atoms with E-state index in [1.165, 1.54) is 18.5 Å². The quantitative estimate of drug-likeness (QED) is 0.464. The summed E-state index contributed by atoms with van der Waals surface area (Å²) >= 11 is 0. The van der Waals surface area contributed by atoms with Crippen molar-refractivity contribution in [1.82, 2.24) is 24.4 Å². The Morgan fingerprint density at radius 1 is 0.972 bits per heavy atom. The molecule has 0 spiro atoms. The van der Waals surface area contributed by atoms with Crippen LogP contribution >= 0.6 is 10.9 Å². The highest BCUT2D eigenvalue weighted by atomic mass is 32.2. The summed E-state index contributed by atoms with van der Waals surface area (Å²) in [5.41, 5.74) is 4.03. The molecule has 0 atom stereocenters.